The number of imidazole rings is 1. The second-order valence-corrected chi connectivity index (χ2v) is 6.56. The number of aromatic nitrogens is 3. The molecule has 3 N–H and O–H groups in total. The summed E-state index contributed by atoms with van der Waals surface area (Å²) in [5.41, 5.74) is 10.9. The van der Waals surface area contributed by atoms with Crippen molar-refractivity contribution in [2.75, 3.05) is 19.0 Å². The molecule has 6 nitrogen and oxygen atoms in total. The Morgan fingerprint density at radius 1 is 0.964 bits per heavy atom. The van der Waals surface area contributed by atoms with E-state index in [1.54, 1.807) is 7.11 Å². The Balaban J connectivity index is 1.48. The van der Waals surface area contributed by atoms with Crippen molar-refractivity contribution in [2.45, 2.75) is 13.0 Å². The van der Waals surface area contributed by atoms with Gasteiger partial charge in [0, 0.05) is 18.7 Å². The first-order valence-corrected chi connectivity index (χ1v) is 9.28. The zero-order valence-electron chi connectivity index (χ0n) is 15.8. The fraction of sp³-hybridized carbons (Fsp3) is 0.182. The lowest BCUT2D eigenvalue weighted by atomic mass is 10.1. The van der Waals surface area contributed by atoms with E-state index in [-0.39, 0.29) is 0 Å². The molecule has 0 saturated heterocycles. The molecular formula is C22H23N5O. The third-order valence-corrected chi connectivity index (χ3v) is 4.73. The quantitative estimate of drug-likeness (QED) is 0.518. The van der Waals surface area contributed by atoms with E-state index in [1.165, 1.54) is 5.56 Å². The van der Waals surface area contributed by atoms with Gasteiger partial charge in [0.15, 0.2) is 5.65 Å². The minimum atomic E-state index is 0.536. The summed E-state index contributed by atoms with van der Waals surface area (Å²) in [6.45, 7) is 1.33. The van der Waals surface area contributed by atoms with Gasteiger partial charge in [0.2, 0.25) is 0 Å². The predicted molar refractivity (Wildman–Crippen MR) is 112 cm³/mol. The van der Waals surface area contributed by atoms with E-state index in [4.69, 9.17) is 15.6 Å². The molecule has 0 unspecified atom stereocenters. The Morgan fingerprint density at radius 2 is 1.71 bits per heavy atom. The van der Waals surface area contributed by atoms with E-state index in [9.17, 15) is 0 Å². The number of methoxy groups -OCH3 is 1. The highest BCUT2D eigenvalue weighted by molar-refractivity contribution is 5.64. The fourth-order valence-corrected chi connectivity index (χ4v) is 3.10. The van der Waals surface area contributed by atoms with Crippen LogP contribution in [0.4, 0.5) is 5.82 Å². The van der Waals surface area contributed by atoms with Gasteiger partial charge in [0.25, 0.3) is 0 Å². The number of nitrogens with one attached hydrogen (secondary N) is 1. The number of nitrogens with two attached hydrogens (primary N) is 1. The maximum atomic E-state index is 5.69. The van der Waals surface area contributed by atoms with Gasteiger partial charge >= 0.3 is 0 Å². The van der Waals surface area contributed by atoms with Crippen molar-refractivity contribution in [3.05, 3.63) is 78.0 Å². The first-order valence-electron chi connectivity index (χ1n) is 9.28. The van der Waals surface area contributed by atoms with Gasteiger partial charge in [-0.3, -0.25) is 0 Å². The van der Waals surface area contributed by atoms with Crippen LogP contribution in [0.3, 0.4) is 0 Å². The molecule has 0 radical (unpaired) electrons. The lowest BCUT2D eigenvalue weighted by molar-refractivity contribution is 0.414. The first-order chi connectivity index (χ1) is 13.8. The van der Waals surface area contributed by atoms with Crippen LogP contribution in [0.5, 0.6) is 5.75 Å². The third kappa shape index (κ3) is 3.82. The SMILES string of the molecule is COc1ccc(CCNc2ccc3ncc(-c4ccc(CN)cc4)n3n2)cc1. The average Bonchev–Trinajstić information content (AvgIpc) is 3.17. The largest absolute Gasteiger partial charge is 0.497 e. The lowest BCUT2D eigenvalue weighted by Gasteiger charge is -2.08. The fourth-order valence-electron chi connectivity index (χ4n) is 3.10. The maximum absolute atomic E-state index is 5.69. The molecule has 4 rings (SSSR count). The third-order valence-electron chi connectivity index (χ3n) is 4.73. The van der Waals surface area contributed by atoms with Crippen LogP contribution in [0.25, 0.3) is 16.9 Å². The molecule has 0 aliphatic heterocycles. The summed E-state index contributed by atoms with van der Waals surface area (Å²) < 4.78 is 7.06. The van der Waals surface area contributed by atoms with Crippen LogP contribution in [0.15, 0.2) is 66.9 Å². The maximum Gasteiger partial charge on any atom is 0.154 e. The normalized spacial score (nSPS) is 10.9. The number of hydrogen-bond donors (Lipinski definition) is 2. The van der Waals surface area contributed by atoms with E-state index in [2.05, 4.69) is 34.6 Å². The van der Waals surface area contributed by atoms with E-state index in [1.807, 2.05) is 47.1 Å². The zero-order chi connectivity index (χ0) is 19.3. The molecule has 0 bridgehead atoms. The minimum absolute atomic E-state index is 0.536. The second-order valence-electron chi connectivity index (χ2n) is 6.56. The van der Waals surface area contributed by atoms with Gasteiger partial charge in [-0.15, -0.1) is 5.10 Å². The lowest BCUT2D eigenvalue weighted by Crippen LogP contribution is -2.08. The molecular weight excluding hydrogens is 350 g/mol. The molecule has 0 spiro atoms. The van der Waals surface area contributed by atoms with Crippen molar-refractivity contribution in [1.29, 1.82) is 0 Å². The topological polar surface area (TPSA) is 77.5 Å². The monoisotopic (exact) mass is 373 g/mol. The van der Waals surface area contributed by atoms with Crippen LogP contribution in [-0.4, -0.2) is 28.3 Å². The summed E-state index contributed by atoms with van der Waals surface area (Å²) >= 11 is 0. The summed E-state index contributed by atoms with van der Waals surface area (Å²) in [5.74, 6) is 1.69. The van der Waals surface area contributed by atoms with Crippen LogP contribution in [0.1, 0.15) is 11.1 Å². The van der Waals surface area contributed by atoms with E-state index >= 15 is 0 Å². The Bertz CT molecular complexity index is 1050. The highest BCUT2D eigenvalue weighted by Crippen LogP contribution is 2.21. The van der Waals surface area contributed by atoms with Crippen LogP contribution < -0.4 is 15.8 Å². The number of rotatable bonds is 7. The van der Waals surface area contributed by atoms with Crippen molar-refractivity contribution in [3.8, 4) is 17.0 Å². The standard InChI is InChI=1S/C22H23N5O/c1-28-19-8-4-16(5-9-19)12-13-24-21-10-11-22-25-15-20(27(22)26-21)18-6-2-17(14-23)3-7-18/h2-11,15H,12-14,23H2,1H3,(H,24,26). The molecule has 2 heterocycles. The van der Waals surface area contributed by atoms with E-state index < -0.39 is 0 Å². The molecule has 0 atom stereocenters. The molecule has 6 heteroatoms. The number of nitrogens with zero attached hydrogens (tertiary/aromatic N) is 3. The Morgan fingerprint density at radius 3 is 2.43 bits per heavy atom. The van der Waals surface area contributed by atoms with Crippen molar-refractivity contribution in [3.63, 3.8) is 0 Å². The number of benzene rings is 2. The van der Waals surface area contributed by atoms with Gasteiger partial charge in [-0.25, -0.2) is 9.50 Å². The molecule has 0 saturated carbocycles. The van der Waals surface area contributed by atoms with Crippen LogP contribution in [0.2, 0.25) is 0 Å². The molecule has 0 fully saturated rings. The Kier molecular flexibility index (Phi) is 5.21. The summed E-state index contributed by atoms with van der Waals surface area (Å²) in [7, 11) is 1.68. The number of fused-ring (bicyclic) bond motifs is 1. The van der Waals surface area contributed by atoms with Crippen LogP contribution >= 0.6 is 0 Å². The molecule has 0 aliphatic rings. The summed E-state index contributed by atoms with van der Waals surface area (Å²) in [6.07, 6.45) is 2.75. The summed E-state index contributed by atoms with van der Waals surface area (Å²) in [5, 5.41) is 8.10. The highest BCUT2D eigenvalue weighted by atomic mass is 16.5. The van der Waals surface area contributed by atoms with Gasteiger partial charge in [0.1, 0.15) is 11.6 Å². The number of hydrogen-bond acceptors (Lipinski definition) is 5. The van der Waals surface area contributed by atoms with Crippen molar-refractivity contribution < 1.29 is 4.74 Å². The number of anilines is 1. The molecule has 142 valence electrons. The minimum Gasteiger partial charge on any atom is -0.497 e. The molecule has 28 heavy (non-hydrogen) atoms. The van der Waals surface area contributed by atoms with Gasteiger partial charge in [0.05, 0.1) is 19.0 Å². The van der Waals surface area contributed by atoms with E-state index in [0.29, 0.717) is 6.54 Å². The zero-order valence-corrected chi connectivity index (χ0v) is 15.8. The van der Waals surface area contributed by atoms with Crippen molar-refractivity contribution >= 4 is 11.5 Å². The molecule has 0 amide bonds. The molecule has 4 aromatic rings. The van der Waals surface area contributed by atoms with Crippen LogP contribution in [0, 0.1) is 0 Å². The molecule has 0 aliphatic carbocycles. The van der Waals surface area contributed by atoms with Crippen LogP contribution in [-0.2, 0) is 13.0 Å². The predicted octanol–water partition coefficient (Wildman–Crippen LogP) is 3.52. The Hall–Kier alpha value is -3.38. The van der Waals surface area contributed by atoms with Gasteiger partial charge in [-0.05, 0) is 41.8 Å². The summed E-state index contributed by atoms with van der Waals surface area (Å²) in [6, 6.07) is 20.2. The molecule has 2 aromatic carbocycles. The van der Waals surface area contributed by atoms with Crippen molar-refractivity contribution in [1.82, 2.24) is 14.6 Å². The van der Waals surface area contributed by atoms with Gasteiger partial charge in [-0.2, -0.15) is 0 Å². The summed E-state index contributed by atoms with van der Waals surface area (Å²) in [4.78, 5) is 4.46. The van der Waals surface area contributed by atoms with Crippen molar-refractivity contribution in [2.24, 2.45) is 5.73 Å². The van der Waals surface area contributed by atoms with E-state index in [0.717, 1.165) is 47.0 Å². The number of ether oxygens (including phenoxy) is 1. The smallest absolute Gasteiger partial charge is 0.154 e. The van der Waals surface area contributed by atoms with Gasteiger partial charge in [-0.1, -0.05) is 36.4 Å². The first kappa shape index (κ1) is 18.0. The Labute approximate surface area is 164 Å². The van der Waals surface area contributed by atoms with Gasteiger partial charge < -0.3 is 15.8 Å². The highest BCUT2D eigenvalue weighted by Gasteiger charge is 2.08. The second kappa shape index (κ2) is 8.10. The average molecular weight is 373 g/mol. The molecule has 2 aromatic heterocycles.